The molecule has 1 atom stereocenters. The van der Waals surface area contributed by atoms with Gasteiger partial charge in [0.25, 0.3) is 0 Å². The molecule has 0 amide bonds. The zero-order valence-corrected chi connectivity index (χ0v) is 17.4. The molecule has 1 heterocycles. The Hall–Kier alpha value is -0.930. The summed E-state index contributed by atoms with van der Waals surface area (Å²) in [5, 5.41) is 3.39. The van der Waals surface area contributed by atoms with E-state index in [4.69, 9.17) is 9.47 Å². The maximum Gasteiger partial charge on any atom is 0.193 e. The minimum absolute atomic E-state index is 0. The summed E-state index contributed by atoms with van der Waals surface area (Å²) in [5.41, 5.74) is 1.12. The van der Waals surface area contributed by atoms with E-state index in [9.17, 15) is 4.39 Å². The number of halogens is 2. The molecule has 25 heavy (non-hydrogen) atoms. The molecule has 5 nitrogen and oxygen atoms in total. The molecule has 142 valence electrons. The number of guanidine groups is 1. The van der Waals surface area contributed by atoms with Crippen molar-refractivity contribution < 1.29 is 13.9 Å². The average molecular weight is 465 g/mol. The van der Waals surface area contributed by atoms with Gasteiger partial charge >= 0.3 is 0 Å². The van der Waals surface area contributed by atoms with Gasteiger partial charge < -0.3 is 19.7 Å². The van der Waals surface area contributed by atoms with Crippen LogP contribution in [-0.2, 0) is 15.9 Å². The first kappa shape index (κ1) is 22.1. The van der Waals surface area contributed by atoms with Crippen molar-refractivity contribution in [1.82, 2.24) is 10.2 Å². The number of methoxy groups -OCH3 is 1. The number of rotatable bonds is 8. The lowest BCUT2D eigenvalue weighted by Crippen LogP contribution is -2.41. The lowest BCUT2D eigenvalue weighted by molar-refractivity contribution is 0.0536. The van der Waals surface area contributed by atoms with Gasteiger partial charge in [0.2, 0.25) is 0 Å². The first-order valence-electron chi connectivity index (χ1n) is 8.49. The van der Waals surface area contributed by atoms with Crippen molar-refractivity contribution in [1.29, 1.82) is 0 Å². The molecule has 0 aliphatic carbocycles. The standard InChI is InChI=1S/C18H28FN3O2.HI/c1-20-18(21-9-7-15-3-5-17(19)6-4-15)22-10-8-16(13-22)14-24-12-11-23-2;/h3-6,16H,7-14H2,1-2H3,(H,20,21);1H. The summed E-state index contributed by atoms with van der Waals surface area (Å²) in [6.07, 6.45) is 1.96. The molecule has 1 aliphatic heterocycles. The summed E-state index contributed by atoms with van der Waals surface area (Å²) in [6, 6.07) is 6.64. The van der Waals surface area contributed by atoms with Gasteiger partial charge in [-0.25, -0.2) is 4.39 Å². The van der Waals surface area contributed by atoms with Crippen LogP contribution in [0.2, 0.25) is 0 Å². The van der Waals surface area contributed by atoms with Gasteiger partial charge in [0.05, 0.1) is 19.8 Å². The largest absolute Gasteiger partial charge is 0.382 e. The molecule has 1 aromatic carbocycles. The van der Waals surface area contributed by atoms with E-state index >= 15 is 0 Å². The monoisotopic (exact) mass is 465 g/mol. The van der Waals surface area contributed by atoms with Crippen LogP contribution in [0.25, 0.3) is 0 Å². The Morgan fingerprint density at radius 3 is 2.76 bits per heavy atom. The van der Waals surface area contributed by atoms with Gasteiger partial charge in [-0.05, 0) is 30.5 Å². The fraction of sp³-hybridized carbons (Fsp3) is 0.611. The maximum atomic E-state index is 12.9. The molecule has 1 fully saturated rings. The number of nitrogens with zero attached hydrogens (tertiary/aromatic N) is 2. The molecule has 1 saturated heterocycles. The summed E-state index contributed by atoms with van der Waals surface area (Å²) in [5.74, 6) is 1.27. The number of hydrogen-bond donors (Lipinski definition) is 1. The first-order valence-corrected chi connectivity index (χ1v) is 8.49. The fourth-order valence-electron chi connectivity index (χ4n) is 2.86. The fourth-order valence-corrected chi connectivity index (χ4v) is 2.86. The summed E-state index contributed by atoms with van der Waals surface area (Å²) in [4.78, 5) is 6.64. The van der Waals surface area contributed by atoms with Gasteiger partial charge in [-0.3, -0.25) is 4.99 Å². The molecular weight excluding hydrogens is 436 g/mol. The van der Waals surface area contributed by atoms with Crippen LogP contribution < -0.4 is 5.32 Å². The van der Waals surface area contributed by atoms with Crippen LogP contribution in [0.3, 0.4) is 0 Å². The van der Waals surface area contributed by atoms with E-state index in [1.807, 2.05) is 19.2 Å². The molecule has 1 aromatic rings. The van der Waals surface area contributed by atoms with E-state index in [2.05, 4.69) is 15.2 Å². The van der Waals surface area contributed by atoms with Crippen molar-refractivity contribution in [3.63, 3.8) is 0 Å². The van der Waals surface area contributed by atoms with E-state index in [0.717, 1.165) is 50.6 Å². The highest BCUT2D eigenvalue weighted by Crippen LogP contribution is 2.16. The number of likely N-dealkylation sites (tertiary alicyclic amines) is 1. The van der Waals surface area contributed by atoms with Crippen LogP contribution in [-0.4, -0.2) is 64.5 Å². The molecule has 0 spiro atoms. The molecule has 0 aromatic heterocycles. The van der Waals surface area contributed by atoms with Crippen molar-refractivity contribution in [2.75, 3.05) is 53.6 Å². The second kappa shape index (κ2) is 12.4. The van der Waals surface area contributed by atoms with E-state index < -0.39 is 0 Å². The topological polar surface area (TPSA) is 46.1 Å². The molecule has 1 unspecified atom stereocenters. The van der Waals surface area contributed by atoms with Crippen LogP contribution in [0, 0.1) is 11.7 Å². The normalized spacial score (nSPS) is 17.5. The lowest BCUT2D eigenvalue weighted by atomic mass is 10.1. The summed E-state index contributed by atoms with van der Waals surface area (Å²) in [6.45, 7) is 4.80. The predicted molar refractivity (Wildman–Crippen MR) is 109 cm³/mol. The Morgan fingerprint density at radius 2 is 2.08 bits per heavy atom. The highest BCUT2D eigenvalue weighted by molar-refractivity contribution is 14.0. The Morgan fingerprint density at radius 1 is 1.32 bits per heavy atom. The van der Waals surface area contributed by atoms with Crippen molar-refractivity contribution in [2.45, 2.75) is 12.8 Å². The zero-order valence-electron chi connectivity index (χ0n) is 15.0. The Balaban J connectivity index is 0.00000312. The number of benzene rings is 1. The summed E-state index contributed by atoms with van der Waals surface area (Å²) < 4.78 is 23.5. The molecule has 0 radical (unpaired) electrons. The summed E-state index contributed by atoms with van der Waals surface area (Å²) in [7, 11) is 3.49. The number of aliphatic imine (C=N–C) groups is 1. The van der Waals surface area contributed by atoms with Gasteiger partial charge in [-0.15, -0.1) is 24.0 Å². The van der Waals surface area contributed by atoms with E-state index in [-0.39, 0.29) is 29.8 Å². The maximum absolute atomic E-state index is 12.9. The zero-order chi connectivity index (χ0) is 17.2. The minimum atomic E-state index is -0.196. The van der Waals surface area contributed by atoms with Crippen molar-refractivity contribution in [2.24, 2.45) is 10.9 Å². The van der Waals surface area contributed by atoms with Crippen LogP contribution in [0.15, 0.2) is 29.3 Å². The molecule has 0 saturated carbocycles. The van der Waals surface area contributed by atoms with Crippen molar-refractivity contribution in [3.8, 4) is 0 Å². The third-order valence-electron chi connectivity index (χ3n) is 4.19. The molecule has 1 aliphatic rings. The molecular formula is C18H29FIN3O2. The van der Waals surface area contributed by atoms with Gasteiger partial charge in [0.15, 0.2) is 5.96 Å². The highest BCUT2D eigenvalue weighted by atomic mass is 127. The molecule has 2 rings (SSSR count). The van der Waals surface area contributed by atoms with Crippen LogP contribution >= 0.6 is 24.0 Å². The SMILES string of the molecule is CN=C(NCCc1ccc(F)cc1)N1CCC(COCCOC)C1.I. The summed E-state index contributed by atoms with van der Waals surface area (Å²) >= 11 is 0. The number of nitrogens with one attached hydrogen (secondary N) is 1. The third-order valence-corrected chi connectivity index (χ3v) is 4.19. The average Bonchev–Trinajstić information content (AvgIpc) is 3.06. The van der Waals surface area contributed by atoms with Crippen molar-refractivity contribution in [3.05, 3.63) is 35.6 Å². The van der Waals surface area contributed by atoms with Crippen molar-refractivity contribution >= 4 is 29.9 Å². The predicted octanol–water partition coefficient (Wildman–Crippen LogP) is 2.55. The highest BCUT2D eigenvalue weighted by Gasteiger charge is 2.24. The van der Waals surface area contributed by atoms with E-state index in [1.165, 1.54) is 12.1 Å². The lowest BCUT2D eigenvalue weighted by Gasteiger charge is -2.21. The molecule has 1 N–H and O–H groups in total. The molecule has 7 heteroatoms. The Kier molecular flexibility index (Phi) is 11.0. The van der Waals surface area contributed by atoms with Gasteiger partial charge in [-0.2, -0.15) is 0 Å². The van der Waals surface area contributed by atoms with Gasteiger partial charge in [0.1, 0.15) is 5.82 Å². The Labute approximate surface area is 167 Å². The van der Waals surface area contributed by atoms with Crippen LogP contribution in [0.5, 0.6) is 0 Å². The second-order valence-electron chi connectivity index (χ2n) is 6.02. The van der Waals surface area contributed by atoms with E-state index in [0.29, 0.717) is 19.1 Å². The van der Waals surface area contributed by atoms with Crippen LogP contribution in [0.1, 0.15) is 12.0 Å². The van der Waals surface area contributed by atoms with Crippen LogP contribution in [0.4, 0.5) is 4.39 Å². The van der Waals surface area contributed by atoms with Gasteiger partial charge in [0, 0.05) is 39.7 Å². The van der Waals surface area contributed by atoms with E-state index in [1.54, 1.807) is 7.11 Å². The number of hydrogen-bond acceptors (Lipinski definition) is 3. The number of ether oxygens (including phenoxy) is 2. The minimum Gasteiger partial charge on any atom is -0.382 e. The quantitative estimate of drug-likeness (QED) is 0.278. The smallest absolute Gasteiger partial charge is 0.193 e. The third kappa shape index (κ3) is 7.87. The Bertz CT molecular complexity index is 514. The first-order chi connectivity index (χ1) is 11.7. The second-order valence-corrected chi connectivity index (χ2v) is 6.02. The molecule has 0 bridgehead atoms. The van der Waals surface area contributed by atoms with Gasteiger partial charge in [-0.1, -0.05) is 12.1 Å².